The summed E-state index contributed by atoms with van der Waals surface area (Å²) in [6, 6.07) is 7.95. The minimum Gasteiger partial charge on any atom is -0.494 e. The Hall–Kier alpha value is -1.81. The number of hydrogen-bond acceptors (Lipinski definition) is 4. The molecule has 2 aromatic rings. The molecule has 1 aromatic heterocycles. The first-order chi connectivity index (χ1) is 10.3. The van der Waals surface area contributed by atoms with Gasteiger partial charge in [0.15, 0.2) is 11.7 Å². The number of nitrogens with one attached hydrogen (secondary N) is 1. The van der Waals surface area contributed by atoms with Gasteiger partial charge in [-0.25, -0.2) is 4.98 Å². The van der Waals surface area contributed by atoms with Crippen LogP contribution in [-0.2, 0) is 6.42 Å². The Morgan fingerprint density at radius 2 is 2.10 bits per heavy atom. The molecule has 2 rings (SSSR count). The van der Waals surface area contributed by atoms with Gasteiger partial charge in [-0.15, -0.1) is 0 Å². The van der Waals surface area contributed by atoms with Crippen molar-refractivity contribution in [3.05, 3.63) is 36.4 Å². The maximum atomic E-state index is 5.80. The molecule has 0 radical (unpaired) electrons. The van der Waals surface area contributed by atoms with Gasteiger partial charge in [0.1, 0.15) is 5.75 Å². The average molecular weight is 288 g/mol. The third kappa shape index (κ3) is 4.90. The largest absolute Gasteiger partial charge is 0.494 e. The molecule has 0 aliphatic carbocycles. The molecule has 0 amide bonds. The number of hydrogen-bond donors (Lipinski definition) is 1. The number of ether oxygens (including phenoxy) is 1. The van der Waals surface area contributed by atoms with Crippen molar-refractivity contribution >= 4 is 0 Å². The van der Waals surface area contributed by atoms with Crippen LogP contribution in [0, 0.1) is 0 Å². The van der Waals surface area contributed by atoms with Crippen LogP contribution in [0.2, 0.25) is 0 Å². The van der Waals surface area contributed by atoms with Crippen LogP contribution < -0.4 is 10.1 Å². The molecule has 1 aromatic carbocycles. The van der Waals surface area contributed by atoms with Gasteiger partial charge < -0.3 is 14.5 Å². The molecule has 0 saturated heterocycles. The molecule has 21 heavy (non-hydrogen) atoms. The zero-order valence-electron chi connectivity index (χ0n) is 12.9. The quantitative estimate of drug-likeness (QED) is 0.715. The summed E-state index contributed by atoms with van der Waals surface area (Å²) < 4.78 is 11.4. The molecule has 1 heterocycles. The Morgan fingerprint density at radius 3 is 2.90 bits per heavy atom. The maximum Gasteiger partial charge on any atom is 0.196 e. The van der Waals surface area contributed by atoms with E-state index in [0.717, 1.165) is 61.9 Å². The summed E-state index contributed by atoms with van der Waals surface area (Å²) in [7, 11) is 0. The van der Waals surface area contributed by atoms with Crippen molar-refractivity contribution in [2.24, 2.45) is 0 Å². The van der Waals surface area contributed by atoms with Gasteiger partial charge in [0.05, 0.1) is 12.8 Å². The van der Waals surface area contributed by atoms with Gasteiger partial charge in [0.25, 0.3) is 0 Å². The van der Waals surface area contributed by atoms with E-state index in [0.29, 0.717) is 0 Å². The SMILES string of the molecule is CCCNCCc1ncc(-c2cccc(OCCC)c2)o1. The van der Waals surface area contributed by atoms with Crippen LogP contribution in [0.25, 0.3) is 11.3 Å². The van der Waals surface area contributed by atoms with Crippen molar-refractivity contribution in [2.45, 2.75) is 33.1 Å². The lowest BCUT2D eigenvalue weighted by molar-refractivity contribution is 0.317. The summed E-state index contributed by atoms with van der Waals surface area (Å²) in [6.45, 7) is 6.91. The molecule has 114 valence electrons. The van der Waals surface area contributed by atoms with Crippen molar-refractivity contribution in [1.29, 1.82) is 0 Å². The second kappa shape index (κ2) is 8.47. The van der Waals surface area contributed by atoms with E-state index in [2.05, 4.69) is 24.1 Å². The molecule has 0 unspecified atom stereocenters. The maximum absolute atomic E-state index is 5.80. The summed E-state index contributed by atoms with van der Waals surface area (Å²) in [5, 5.41) is 3.34. The van der Waals surface area contributed by atoms with Crippen LogP contribution in [0.1, 0.15) is 32.6 Å². The van der Waals surface area contributed by atoms with E-state index in [1.165, 1.54) is 0 Å². The predicted octanol–water partition coefficient (Wildman–Crippen LogP) is 3.67. The van der Waals surface area contributed by atoms with Gasteiger partial charge in [0.2, 0.25) is 0 Å². The van der Waals surface area contributed by atoms with Crippen molar-refractivity contribution in [3.8, 4) is 17.1 Å². The third-order valence-electron chi connectivity index (χ3n) is 3.09. The monoisotopic (exact) mass is 288 g/mol. The number of oxazole rings is 1. The molecule has 0 fully saturated rings. The molecule has 0 atom stereocenters. The molecular weight excluding hydrogens is 264 g/mol. The molecule has 0 aliphatic heterocycles. The average Bonchev–Trinajstić information content (AvgIpc) is 2.99. The Bertz CT molecular complexity index is 537. The van der Waals surface area contributed by atoms with E-state index in [-0.39, 0.29) is 0 Å². The lowest BCUT2D eigenvalue weighted by atomic mass is 10.2. The molecule has 4 heteroatoms. The van der Waals surface area contributed by atoms with Crippen LogP contribution in [0.3, 0.4) is 0 Å². The highest BCUT2D eigenvalue weighted by molar-refractivity contribution is 5.58. The fraction of sp³-hybridized carbons (Fsp3) is 0.471. The van der Waals surface area contributed by atoms with Gasteiger partial charge in [-0.2, -0.15) is 0 Å². The standard InChI is InChI=1S/C17H24N2O2/c1-3-9-18-10-8-17-19-13-16(21-17)14-6-5-7-15(12-14)20-11-4-2/h5-7,12-13,18H,3-4,8-11H2,1-2H3. The number of rotatable bonds is 9. The van der Waals surface area contributed by atoms with E-state index >= 15 is 0 Å². The summed E-state index contributed by atoms with van der Waals surface area (Å²) in [6.07, 6.45) is 4.74. The van der Waals surface area contributed by atoms with Crippen LogP contribution in [-0.4, -0.2) is 24.7 Å². The van der Waals surface area contributed by atoms with Crippen molar-refractivity contribution in [1.82, 2.24) is 10.3 Å². The molecule has 0 aliphatic rings. The molecule has 0 bridgehead atoms. The van der Waals surface area contributed by atoms with E-state index in [4.69, 9.17) is 9.15 Å². The van der Waals surface area contributed by atoms with Gasteiger partial charge in [-0.05, 0) is 31.5 Å². The zero-order chi connectivity index (χ0) is 14.9. The Kier molecular flexibility index (Phi) is 6.28. The lowest BCUT2D eigenvalue weighted by Crippen LogP contribution is -2.17. The van der Waals surface area contributed by atoms with Crippen molar-refractivity contribution in [2.75, 3.05) is 19.7 Å². The second-order valence-electron chi connectivity index (χ2n) is 4.99. The van der Waals surface area contributed by atoms with Gasteiger partial charge in [0, 0.05) is 18.5 Å². The topological polar surface area (TPSA) is 47.3 Å². The van der Waals surface area contributed by atoms with Crippen LogP contribution in [0.5, 0.6) is 5.75 Å². The Labute approximate surface area is 126 Å². The smallest absolute Gasteiger partial charge is 0.196 e. The fourth-order valence-corrected chi connectivity index (χ4v) is 2.02. The summed E-state index contributed by atoms with van der Waals surface area (Å²) in [4.78, 5) is 4.33. The van der Waals surface area contributed by atoms with E-state index in [1.807, 2.05) is 24.3 Å². The first-order valence-electron chi connectivity index (χ1n) is 7.72. The van der Waals surface area contributed by atoms with Crippen molar-refractivity contribution < 1.29 is 9.15 Å². The highest BCUT2D eigenvalue weighted by Crippen LogP contribution is 2.24. The first-order valence-corrected chi connectivity index (χ1v) is 7.72. The van der Waals surface area contributed by atoms with Gasteiger partial charge in [-0.1, -0.05) is 26.0 Å². The van der Waals surface area contributed by atoms with E-state index in [9.17, 15) is 0 Å². The minimum absolute atomic E-state index is 0.730. The Balaban J connectivity index is 1.96. The predicted molar refractivity (Wildman–Crippen MR) is 84.6 cm³/mol. The molecule has 1 N–H and O–H groups in total. The number of nitrogens with zero attached hydrogens (tertiary/aromatic N) is 1. The lowest BCUT2D eigenvalue weighted by Gasteiger charge is -2.05. The molecule has 0 spiro atoms. The minimum atomic E-state index is 0.730. The number of benzene rings is 1. The van der Waals surface area contributed by atoms with E-state index in [1.54, 1.807) is 6.20 Å². The zero-order valence-corrected chi connectivity index (χ0v) is 12.9. The third-order valence-corrected chi connectivity index (χ3v) is 3.09. The number of aromatic nitrogens is 1. The Morgan fingerprint density at radius 1 is 1.19 bits per heavy atom. The summed E-state index contributed by atoms with van der Waals surface area (Å²) in [5.41, 5.74) is 1.00. The molecular formula is C17H24N2O2. The normalized spacial score (nSPS) is 10.8. The fourth-order valence-electron chi connectivity index (χ4n) is 2.02. The van der Waals surface area contributed by atoms with Crippen LogP contribution in [0.4, 0.5) is 0 Å². The van der Waals surface area contributed by atoms with Crippen LogP contribution in [0.15, 0.2) is 34.9 Å². The highest BCUT2D eigenvalue weighted by Gasteiger charge is 2.07. The highest BCUT2D eigenvalue weighted by atomic mass is 16.5. The van der Waals surface area contributed by atoms with E-state index < -0.39 is 0 Å². The van der Waals surface area contributed by atoms with Gasteiger partial charge in [-0.3, -0.25) is 0 Å². The summed E-state index contributed by atoms with van der Waals surface area (Å²) in [5.74, 6) is 2.44. The second-order valence-corrected chi connectivity index (χ2v) is 4.99. The van der Waals surface area contributed by atoms with Gasteiger partial charge >= 0.3 is 0 Å². The summed E-state index contributed by atoms with van der Waals surface area (Å²) >= 11 is 0. The van der Waals surface area contributed by atoms with Crippen molar-refractivity contribution in [3.63, 3.8) is 0 Å². The first kappa shape index (κ1) is 15.6. The van der Waals surface area contributed by atoms with Crippen LogP contribution >= 0.6 is 0 Å². The molecule has 0 saturated carbocycles. The molecule has 4 nitrogen and oxygen atoms in total.